The smallest absolute Gasteiger partial charge is 0.419 e. The van der Waals surface area contributed by atoms with Crippen molar-refractivity contribution in [2.24, 2.45) is 5.92 Å². The SMILES string of the molecule is OCC1CCN(CCOc2ccccc2C(F)(F)F)C1. The van der Waals surface area contributed by atoms with Crippen molar-refractivity contribution in [2.45, 2.75) is 12.6 Å². The summed E-state index contributed by atoms with van der Waals surface area (Å²) in [5.41, 5.74) is -0.741. The summed E-state index contributed by atoms with van der Waals surface area (Å²) >= 11 is 0. The molecule has 0 spiro atoms. The summed E-state index contributed by atoms with van der Waals surface area (Å²) < 4.78 is 43.5. The maximum absolute atomic E-state index is 12.8. The van der Waals surface area contributed by atoms with E-state index in [1.807, 2.05) is 0 Å². The van der Waals surface area contributed by atoms with E-state index in [1.54, 1.807) is 0 Å². The largest absolute Gasteiger partial charge is 0.492 e. The molecule has 1 aliphatic rings. The van der Waals surface area contributed by atoms with E-state index < -0.39 is 11.7 Å². The van der Waals surface area contributed by atoms with Crippen molar-refractivity contribution in [1.82, 2.24) is 4.90 Å². The summed E-state index contributed by atoms with van der Waals surface area (Å²) in [6, 6.07) is 5.24. The number of likely N-dealkylation sites (tertiary alicyclic amines) is 1. The van der Waals surface area contributed by atoms with Crippen LogP contribution in [0.25, 0.3) is 0 Å². The van der Waals surface area contributed by atoms with Gasteiger partial charge in [0.05, 0.1) is 5.56 Å². The highest BCUT2D eigenvalue weighted by Gasteiger charge is 2.34. The molecule has 112 valence electrons. The first-order valence-corrected chi connectivity index (χ1v) is 6.63. The van der Waals surface area contributed by atoms with Gasteiger partial charge < -0.3 is 9.84 Å². The molecule has 0 aromatic heterocycles. The maximum Gasteiger partial charge on any atom is 0.419 e. The van der Waals surface area contributed by atoms with Crippen LogP contribution in [0.5, 0.6) is 5.75 Å². The van der Waals surface area contributed by atoms with E-state index in [4.69, 9.17) is 9.84 Å². The van der Waals surface area contributed by atoms with Gasteiger partial charge in [0.25, 0.3) is 0 Å². The van der Waals surface area contributed by atoms with E-state index in [-0.39, 0.29) is 24.9 Å². The molecule has 0 saturated carbocycles. The lowest BCUT2D eigenvalue weighted by molar-refractivity contribution is -0.139. The molecule has 1 unspecified atom stereocenters. The molecule has 1 heterocycles. The number of ether oxygens (including phenoxy) is 1. The molecule has 1 N–H and O–H groups in total. The van der Waals surface area contributed by atoms with Crippen molar-refractivity contribution < 1.29 is 23.0 Å². The van der Waals surface area contributed by atoms with Gasteiger partial charge in [0.15, 0.2) is 0 Å². The Labute approximate surface area is 116 Å². The number of alkyl halides is 3. The van der Waals surface area contributed by atoms with Crippen LogP contribution >= 0.6 is 0 Å². The number of para-hydroxylation sites is 1. The van der Waals surface area contributed by atoms with Crippen molar-refractivity contribution >= 4 is 0 Å². The second-order valence-corrected chi connectivity index (χ2v) is 4.98. The molecule has 20 heavy (non-hydrogen) atoms. The van der Waals surface area contributed by atoms with Gasteiger partial charge in [-0.25, -0.2) is 0 Å². The zero-order valence-electron chi connectivity index (χ0n) is 11.1. The van der Waals surface area contributed by atoms with Gasteiger partial charge in [0.2, 0.25) is 0 Å². The monoisotopic (exact) mass is 289 g/mol. The molecular formula is C14H18F3NO2. The summed E-state index contributed by atoms with van der Waals surface area (Å²) in [6.07, 6.45) is -3.47. The van der Waals surface area contributed by atoms with Gasteiger partial charge in [-0.1, -0.05) is 12.1 Å². The number of halogens is 3. The topological polar surface area (TPSA) is 32.7 Å². The first kappa shape index (κ1) is 15.1. The molecule has 3 nitrogen and oxygen atoms in total. The van der Waals surface area contributed by atoms with Crippen molar-refractivity contribution in [3.63, 3.8) is 0 Å². The summed E-state index contributed by atoms with van der Waals surface area (Å²) in [6.45, 7) is 2.58. The predicted octanol–water partition coefficient (Wildman–Crippen LogP) is 2.40. The van der Waals surface area contributed by atoms with E-state index in [2.05, 4.69) is 4.90 Å². The highest BCUT2D eigenvalue weighted by atomic mass is 19.4. The minimum absolute atomic E-state index is 0.127. The average Bonchev–Trinajstić information content (AvgIpc) is 2.86. The van der Waals surface area contributed by atoms with Crippen molar-refractivity contribution in [3.05, 3.63) is 29.8 Å². The van der Waals surface area contributed by atoms with Crippen molar-refractivity contribution in [3.8, 4) is 5.75 Å². The van der Waals surface area contributed by atoms with Crippen LogP contribution in [-0.2, 0) is 6.18 Å². The van der Waals surface area contributed by atoms with Crippen LogP contribution in [0, 0.1) is 5.92 Å². The molecule has 1 aliphatic heterocycles. The van der Waals surface area contributed by atoms with E-state index in [1.165, 1.54) is 18.2 Å². The number of rotatable bonds is 5. The second kappa shape index (κ2) is 6.45. The van der Waals surface area contributed by atoms with Crippen LogP contribution < -0.4 is 4.74 Å². The molecule has 1 saturated heterocycles. The maximum atomic E-state index is 12.8. The van der Waals surface area contributed by atoms with Gasteiger partial charge in [-0.15, -0.1) is 0 Å². The van der Waals surface area contributed by atoms with Gasteiger partial charge in [0.1, 0.15) is 12.4 Å². The summed E-state index contributed by atoms with van der Waals surface area (Å²) in [5.74, 6) is 0.148. The Hall–Kier alpha value is -1.27. The molecule has 1 fully saturated rings. The minimum Gasteiger partial charge on any atom is -0.492 e. The lowest BCUT2D eigenvalue weighted by Crippen LogP contribution is -2.27. The van der Waals surface area contributed by atoms with Crippen molar-refractivity contribution in [2.75, 3.05) is 32.8 Å². The number of aliphatic hydroxyl groups excluding tert-OH is 1. The molecule has 1 aromatic carbocycles. The molecule has 0 bridgehead atoms. The van der Waals surface area contributed by atoms with Crippen LogP contribution in [0.2, 0.25) is 0 Å². The third-order valence-corrected chi connectivity index (χ3v) is 3.49. The van der Waals surface area contributed by atoms with E-state index >= 15 is 0 Å². The molecule has 6 heteroatoms. The second-order valence-electron chi connectivity index (χ2n) is 4.98. The quantitative estimate of drug-likeness (QED) is 0.903. The fraction of sp³-hybridized carbons (Fsp3) is 0.571. The average molecular weight is 289 g/mol. The van der Waals surface area contributed by atoms with Gasteiger partial charge in [-0.3, -0.25) is 4.90 Å². The number of aliphatic hydroxyl groups is 1. The van der Waals surface area contributed by atoms with E-state index in [0.717, 1.165) is 25.6 Å². The number of benzene rings is 1. The Balaban J connectivity index is 1.86. The number of hydrogen-bond acceptors (Lipinski definition) is 3. The predicted molar refractivity (Wildman–Crippen MR) is 68.6 cm³/mol. The summed E-state index contributed by atoms with van der Waals surface area (Å²) in [4.78, 5) is 2.09. The molecular weight excluding hydrogens is 271 g/mol. The molecule has 0 amide bonds. The molecule has 1 atom stereocenters. The fourth-order valence-electron chi connectivity index (χ4n) is 2.38. The van der Waals surface area contributed by atoms with Crippen LogP contribution in [0.4, 0.5) is 13.2 Å². The Bertz CT molecular complexity index is 437. The molecule has 0 radical (unpaired) electrons. The molecule has 2 rings (SSSR count). The lowest BCUT2D eigenvalue weighted by Gasteiger charge is -2.18. The fourth-order valence-corrected chi connectivity index (χ4v) is 2.38. The third-order valence-electron chi connectivity index (χ3n) is 3.49. The Morgan fingerprint density at radius 3 is 2.70 bits per heavy atom. The Morgan fingerprint density at radius 2 is 2.05 bits per heavy atom. The van der Waals surface area contributed by atoms with Crippen LogP contribution in [-0.4, -0.2) is 42.9 Å². The standard InChI is InChI=1S/C14H18F3NO2/c15-14(16,17)12-3-1-2-4-13(12)20-8-7-18-6-5-11(9-18)10-19/h1-4,11,19H,5-10H2. The van der Waals surface area contributed by atoms with Gasteiger partial charge >= 0.3 is 6.18 Å². The van der Waals surface area contributed by atoms with Crippen molar-refractivity contribution in [1.29, 1.82) is 0 Å². The van der Waals surface area contributed by atoms with Crippen LogP contribution in [0.15, 0.2) is 24.3 Å². The van der Waals surface area contributed by atoms with Crippen LogP contribution in [0.3, 0.4) is 0 Å². The summed E-state index contributed by atoms with van der Waals surface area (Å²) in [7, 11) is 0. The highest BCUT2D eigenvalue weighted by molar-refractivity contribution is 5.35. The van der Waals surface area contributed by atoms with Crippen LogP contribution in [0.1, 0.15) is 12.0 Å². The lowest BCUT2D eigenvalue weighted by atomic mass is 10.1. The zero-order chi connectivity index (χ0) is 14.6. The zero-order valence-corrected chi connectivity index (χ0v) is 11.1. The van der Waals surface area contributed by atoms with E-state index in [9.17, 15) is 13.2 Å². The highest BCUT2D eigenvalue weighted by Crippen LogP contribution is 2.35. The Kier molecular flexibility index (Phi) is 4.88. The normalized spacial score (nSPS) is 20.3. The first-order valence-electron chi connectivity index (χ1n) is 6.63. The number of nitrogens with zero attached hydrogens (tertiary/aromatic N) is 1. The van der Waals surface area contributed by atoms with E-state index in [0.29, 0.717) is 6.54 Å². The third kappa shape index (κ3) is 3.86. The first-order chi connectivity index (χ1) is 9.50. The van der Waals surface area contributed by atoms with Gasteiger partial charge in [-0.2, -0.15) is 13.2 Å². The number of hydrogen-bond donors (Lipinski definition) is 1. The molecule has 0 aliphatic carbocycles. The van der Waals surface area contributed by atoms with Gasteiger partial charge in [0, 0.05) is 19.7 Å². The Morgan fingerprint density at radius 1 is 1.30 bits per heavy atom. The minimum atomic E-state index is -4.40. The molecule has 1 aromatic rings. The summed E-state index contributed by atoms with van der Waals surface area (Å²) in [5, 5.41) is 9.03. The van der Waals surface area contributed by atoms with Gasteiger partial charge in [-0.05, 0) is 31.0 Å².